The van der Waals surface area contributed by atoms with Gasteiger partial charge in [0.05, 0.1) is 22.2 Å². The number of rotatable bonds is 3. The molecule has 0 bridgehead atoms. The Kier molecular flexibility index (Phi) is 3.45. The van der Waals surface area contributed by atoms with Crippen LogP contribution in [-0.2, 0) is 4.74 Å². The van der Waals surface area contributed by atoms with Gasteiger partial charge in [0.25, 0.3) is 0 Å². The highest BCUT2D eigenvalue weighted by Gasteiger charge is 2.43. The number of halogens is 1. The number of hydrogen-bond donors (Lipinski definition) is 0. The van der Waals surface area contributed by atoms with Crippen molar-refractivity contribution in [1.29, 1.82) is 0 Å². The fourth-order valence-corrected chi connectivity index (χ4v) is 3.18. The van der Waals surface area contributed by atoms with E-state index < -0.39 is 0 Å². The van der Waals surface area contributed by atoms with Gasteiger partial charge in [0.1, 0.15) is 0 Å². The average molecular weight is 314 g/mol. The molecule has 0 radical (unpaired) electrons. The van der Waals surface area contributed by atoms with Crippen LogP contribution in [-0.4, -0.2) is 27.2 Å². The van der Waals surface area contributed by atoms with E-state index in [0.717, 1.165) is 31.6 Å². The predicted octanol–water partition coefficient (Wildman–Crippen LogP) is 3.40. The van der Waals surface area contributed by atoms with Crippen molar-refractivity contribution < 1.29 is 4.74 Å². The maximum absolute atomic E-state index is 5.96. The summed E-state index contributed by atoms with van der Waals surface area (Å²) in [5, 5.41) is 8.59. The van der Waals surface area contributed by atoms with Crippen LogP contribution >= 0.6 is 15.9 Å². The first-order chi connectivity index (χ1) is 8.72. The van der Waals surface area contributed by atoms with Crippen LogP contribution in [0.25, 0.3) is 0 Å². The van der Waals surface area contributed by atoms with Gasteiger partial charge in [0, 0.05) is 12.8 Å². The predicted molar refractivity (Wildman–Crippen MR) is 72.8 cm³/mol. The van der Waals surface area contributed by atoms with Crippen LogP contribution in [0.3, 0.4) is 0 Å². The van der Waals surface area contributed by atoms with Crippen molar-refractivity contribution >= 4 is 15.9 Å². The van der Waals surface area contributed by atoms with Gasteiger partial charge in [-0.3, -0.25) is 0 Å². The maximum atomic E-state index is 5.96. The van der Waals surface area contributed by atoms with Crippen LogP contribution in [0.2, 0.25) is 0 Å². The quantitative estimate of drug-likeness (QED) is 0.803. The highest BCUT2D eigenvalue weighted by atomic mass is 79.9. The summed E-state index contributed by atoms with van der Waals surface area (Å²) in [6.07, 6.45) is 9.07. The molecule has 0 aromatic carbocycles. The topological polar surface area (TPSA) is 39.9 Å². The van der Waals surface area contributed by atoms with E-state index in [0.29, 0.717) is 10.9 Å². The first-order valence-electron chi connectivity index (χ1n) is 6.92. The van der Waals surface area contributed by atoms with Gasteiger partial charge in [-0.25, -0.2) is 4.68 Å². The Labute approximate surface area is 116 Å². The van der Waals surface area contributed by atoms with Gasteiger partial charge in [0.2, 0.25) is 0 Å². The second kappa shape index (κ2) is 4.93. The van der Waals surface area contributed by atoms with Crippen LogP contribution < -0.4 is 0 Å². The Hall–Kier alpha value is -0.420. The van der Waals surface area contributed by atoms with Crippen LogP contribution in [0.1, 0.15) is 62.0 Å². The third kappa shape index (κ3) is 2.23. The van der Waals surface area contributed by atoms with Crippen LogP contribution in [0.5, 0.6) is 0 Å². The maximum Gasteiger partial charge on any atom is 0.0963 e. The fraction of sp³-hybridized carbons (Fsp3) is 0.846. The molecule has 2 unspecified atom stereocenters. The van der Waals surface area contributed by atoms with Crippen molar-refractivity contribution in [1.82, 2.24) is 15.0 Å². The largest absolute Gasteiger partial charge is 0.375 e. The lowest BCUT2D eigenvalue weighted by Crippen LogP contribution is -2.46. The van der Waals surface area contributed by atoms with E-state index in [2.05, 4.69) is 44.0 Å². The minimum Gasteiger partial charge on any atom is -0.375 e. The molecular formula is C13H20BrN3O. The van der Waals surface area contributed by atoms with Crippen LogP contribution in [0.4, 0.5) is 0 Å². The van der Waals surface area contributed by atoms with Gasteiger partial charge in [-0.1, -0.05) is 28.1 Å². The van der Waals surface area contributed by atoms with Gasteiger partial charge in [-0.05, 0) is 38.5 Å². The summed E-state index contributed by atoms with van der Waals surface area (Å²) in [6, 6.07) is 0.469. The zero-order chi connectivity index (χ0) is 12.6. The van der Waals surface area contributed by atoms with Gasteiger partial charge < -0.3 is 4.74 Å². The Balaban J connectivity index is 1.72. The van der Waals surface area contributed by atoms with Crippen molar-refractivity contribution in [3.8, 4) is 0 Å². The highest BCUT2D eigenvalue weighted by Crippen LogP contribution is 2.45. The molecule has 1 saturated heterocycles. The van der Waals surface area contributed by atoms with Crippen molar-refractivity contribution in [3.63, 3.8) is 0 Å². The molecule has 0 N–H and O–H groups in total. The minimum atomic E-state index is 0.174. The molecule has 1 aromatic rings. The molecule has 1 aromatic heterocycles. The highest BCUT2D eigenvalue weighted by molar-refractivity contribution is 9.09. The molecule has 18 heavy (non-hydrogen) atoms. The summed E-state index contributed by atoms with van der Waals surface area (Å²) in [6.45, 7) is 3.02. The van der Waals surface area contributed by atoms with Crippen molar-refractivity contribution in [2.75, 3.05) is 6.61 Å². The van der Waals surface area contributed by atoms with E-state index >= 15 is 0 Å². The Bertz CT molecular complexity index is 416. The van der Waals surface area contributed by atoms with Crippen LogP contribution in [0, 0.1) is 0 Å². The van der Waals surface area contributed by atoms with Crippen LogP contribution in [0.15, 0.2) is 6.20 Å². The molecule has 4 nitrogen and oxygen atoms in total. The van der Waals surface area contributed by atoms with E-state index in [1.165, 1.54) is 19.3 Å². The fourth-order valence-electron chi connectivity index (χ4n) is 2.97. The van der Waals surface area contributed by atoms with E-state index in [9.17, 15) is 0 Å². The number of nitrogens with zero attached hydrogens (tertiary/aromatic N) is 3. The van der Waals surface area contributed by atoms with Gasteiger partial charge in [-0.2, -0.15) is 0 Å². The van der Waals surface area contributed by atoms with E-state index in [1.54, 1.807) is 0 Å². The molecule has 100 valence electrons. The van der Waals surface area contributed by atoms with Crippen molar-refractivity contribution in [2.24, 2.45) is 0 Å². The Morgan fingerprint density at radius 3 is 3.11 bits per heavy atom. The monoisotopic (exact) mass is 313 g/mol. The zero-order valence-electron chi connectivity index (χ0n) is 10.8. The molecule has 5 heteroatoms. The van der Waals surface area contributed by atoms with Gasteiger partial charge in [0.15, 0.2) is 0 Å². The summed E-state index contributed by atoms with van der Waals surface area (Å²) in [4.78, 5) is 0.323. The molecule has 2 atom stereocenters. The summed E-state index contributed by atoms with van der Waals surface area (Å²) in [5.41, 5.74) is 1.22. The molecule has 1 saturated carbocycles. The summed E-state index contributed by atoms with van der Waals surface area (Å²) < 4.78 is 8.02. The van der Waals surface area contributed by atoms with E-state index in [-0.39, 0.29) is 5.60 Å². The number of alkyl halides is 1. The molecular weight excluding hydrogens is 294 g/mol. The molecule has 1 spiro atoms. The van der Waals surface area contributed by atoms with Crippen molar-refractivity contribution in [3.05, 3.63) is 11.9 Å². The summed E-state index contributed by atoms with van der Waals surface area (Å²) in [7, 11) is 0. The number of aromatic nitrogens is 3. The minimum absolute atomic E-state index is 0.174. The molecule has 2 heterocycles. The Morgan fingerprint density at radius 1 is 1.61 bits per heavy atom. The van der Waals surface area contributed by atoms with E-state index in [1.807, 2.05) is 0 Å². The molecule has 3 rings (SSSR count). The lowest BCUT2D eigenvalue weighted by atomic mass is 9.74. The first-order valence-corrected chi connectivity index (χ1v) is 7.84. The average Bonchev–Trinajstić information content (AvgIpc) is 2.86. The molecule has 1 aliphatic heterocycles. The third-order valence-corrected chi connectivity index (χ3v) is 5.43. The summed E-state index contributed by atoms with van der Waals surface area (Å²) >= 11 is 3.63. The molecule has 1 aliphatic carbocycles. The smallest absolute Gasteiger partial charge is 0.0963 e. The summed E-state index contributed by atoms with van der Waals surface area (Å²) in [5.74, 6) is 0. The second-order valence-corrected chi connectivity index (χ2v) is 6.64. The van der Waals surface area contributed by atoms with Gasteiger partial charge >= 0.3 is 0 Å². The first kappa shape index (κ1) is 12.6. The van der Waals surface area contributed by atoms with Gasteiger partial charge in [-0.15, -0.1) is 5.10 Å². The normalized spacial score (nSPS) is 28.0. The third-order valence-electron chi connectivity index (χ3n) is 4.31. The molecule has 0 amide bonds. The second-order valence-electron chi connectivity index (χ2n) is 5.53. The lowest BCUT2D eigenvalue weighted by molar-refractivity contribution is -0.141. The molecule has 2 aliphatic rings. The number of ether oxygens (including phenoxy) is 1. The number of hydrogen-bond acceptors (Lipinski definition) is 3. The van der Waals surface area contributed by atoms with Crippen molar-refractivity contribution in [2.45, 2.75) is 61.9 Å². The molecule has 2 fully saturated rings. The standard InChI is InChI=1S/C13H20BrN3O/c1-2-11(14)12-9-17(16-15-12)10-4-7-18-13(8-10)5-3-6-13/h9-11H,2-8H2,1H3. The SMILES string of the molecule is CCC(Br)c1cn(C2CCOC3(CCC3)C2)nn1. The lowest BCUT2D eigenvalue weighted by Gasteiger charge is -2.47. The van der Waals surface area contributed by atoms with E-state index in [4.69, 9.17) is 4.74 Å². The Morgan fingerprint density at radius 2 is 2.44 bits per heavy atom. The zero-order valence-corrected chi connectivity index (χ0v) is 12.4.